The van der Waals surface area contributed by atoms with E-state index in [1.165, 1.54) is 0 Å². The van der Waals surface area contributed by atoms with Gasteiger partial charge in [-0.2, -0.15) is 0 Å². The summed E-state index contributed by atoms with van der Waals surface area (Å²) < 4.78 is 5.31. The summed E-state index contributed by atoms with van der Waals surface area (Å²) in [4.78, 5) is 2.15. The van der Waals surface area contributed by atoms with Gasteiger partial charge in [0.25, 0.3) is 0 Å². The predicted octanol–water partition coefficient (Wildman–Crippen LogP) is 1.24. The van der Waals surface area contributed by atoms with Gasteiger partial charge in [0.05, 0.1) is 18.9 Å². The number of piperidine rings is 1. The predicted molar refractivity (Wildman–Crippen MR) is 64.9 cm³/mol. The Hall–Kier alpha value is -1.42. The molecule has 2 rings (SSSR count). The number of β-amino-alcohol motifs (C(OH)–C–C–N with tert-alkyl or cyclic N) is 1. The number of nitrogens with two attached hydrogens (primary N) is 1. The van der Waals surface area contributed by atoms with E-state index in [-0.39, 0.29) is 6.10 Å². The van der Waals surface area contributed by atoms with Gasteiger partial charge in [0, 0.05) is 24.8 Å². The van der Waals surface area contributed by atoms with Gasteiger partial charge in [0.2, 0.25) is 0 Å². The fourth-order valence-corrected chi connectivity index (χ4v) is 2.13. The van der Waals surface area contributed by atoms with Crippen LogP contribution in [0, 0.1) is 0 Å². The van der Waals surface area contributed by atoms with Gasteiger partial charge in [0.1, 0.15) is 5.75 Å². The van der Waals surface area contributed by atoms with Gasteiger partial charge in [-0.1, -0.05) is 0 Å². The van der Waals surface area contributed by atoms with E-state index in [1.54, 1.807) is 7.11 Å². The van der Waals surface area contributed by atoms with Gasteiger partial charge in [0.15, 0.2) is 0 Å². The molecule has 88 valence electrons. The second-order valence-corrected chi connectivity index (χ2v) is 4.17. The van der Waals surface area contributed by atoms with Crippen LogP contribution in [-0.2, 0) is 0 Å². The Kier molecular flexibility index (Phi) is 3.19. The van der Waals surface area contributed by atoms with E-state index < -0.39 is 0 Å². The fraction of sp³-hybridized carbons (Fsp3) is 0.500. The second-order valence-electron chi connectivity index (χ2n) is 4.17. The summed E-state index contributed by atoms with van der Waals surface area (Å²) in [6.07, 6.45) is 1.65. The van der Waals surface area contributed by atoms with Crippen LogP contribution in [0.25, 0.3) is 0 Å². The third-order valence-electron chi connectivity index (χ3n) is 2.94. The van der Waals surface area contributed by atoms with Crippen LogP contribution in [0.4, 0.5) is 11.4 Å². The van der Waals surface area contributed by atoms with Gasteiger partial charge >= 0.3 is 0 Å². The van der Waals surface area contributed by atoms with Gasteiger partial charge in [-0.15, -0.1) is 0 Å². The van der Waals surface area contributed by atoms with Crippen LogP contribution in [0.5, 0.6) is 5.75 Å². The van der Waals surface area contributed by atoms with E-state index >= 15 is 0 Å². The molecule has 1 atom stereocenters. The van der Waals surface area contributed by atoms with Gasteiger partial charge in [-0.25, -0.2) is 0 Å². The normalized spacial score (nSPS) is 20.9. The van der Waals surface area contributed by atoms with Crippen LogP contribution in [0.2, 0.25) is 0 Å². The standard InChI is InChI=1S/C12H18N2O2/c1-16-12-7-9(13)4-5-11(12)14-6-2-3-10(15)8-14/h4-5,7,10,15H,2-3,6,8,13H2,1H3/t10-/m0/s1. The lowest BCUT2D eigenvalue weighted by molar-refractivity contribution is 0.154. The summed E-state index contributed by atoms with van der Waals surface area (Å²) >= 11 is 0. The van der Waals surface area contributed by atoms with Crippen molar-refractivity contribution in [1.82, 2.24) is 0 Å². The Bertz CT molecular complexity index is 368. The summed E-state index contributed by atoms with van der Waals surface area (Å²) in [5.41, 5.74) is 7.41. The molecular weight excluding hydrogens is 204 g/mol. The molecule has 0 radical (unpaired) electrons. The zero-order valence-corrected chi connectivity index (χ0v) is 9.52. The number of benzene rings is 1. The summed E-state index contributed by atoms with van der Waals surface area (Å²) in [6, 6.07) is 5.63. The van der Waals surface area contributed by atoms with Crippen molar-refractivity contribution >= 4 is 11.4 Å². The Labute approximate surface area is 95.6 Å². The Morgan fingerprint density at radius 2 is 2.31 bits per heavy atom. The van der Waals surface area contributed by atoms with Gasteiger partial charge < -0.3 is 20.5 Å². The quantitative estimate of drug-likeness (QED) is 0.739. The first kappa shape index (κ1) is 11.1. The Balaban J connectivity index is 2.24. The number of rotatable bonds is 2. The molecular formula is C12H18N2O2. The maximum absolute atomic E-state index is 9.65. The highest BCUT2D eigenvalue weighted by molar-refractivity contribution is 5.64. The summed E-state index contributed by atoms with van der Waals surface area (Å²) in [5.74, 6) is 0.772. The SMILES string of the molecule is COc1cc(N)ccc1N1CCC[C@H](O)C1. The van der Waals surface area contributed by atoms with Crippen LogP contribution >= 0.6 is 0 Å². The average molecular weight is 222 g/mol. The lowest BCUT2D eigenvalue weighted by Crippen LogP contribution is -2.38. The smallest absolute Gasteiger partial charge is 0.144 e. The number of anilines is 2. The maximum Gasteiger partial charge on any atom is 0.144 e. The highest BCUT2D eigenvalue weighted by Gasteiger charge is 2.20. The molecule has 0 amide bonds. The minimum Gasteiger partial charge on any atom is -0.495 e. The van der Waals surface area contributed by atoms with Crippen LogP contribution < -0.4 is 15.4 Å². The molecule has 0 aromatic heterocycles. The number of ether oxygens (including phenoxy) is 1. The molecule has 1 saturated heterocycles. The van der Waals surface area contributed by atoms with E-state index in [2.05, 4.69) is 4.90 Å². The van der Waals surface area contributed by atoms with Gasteiger partial charge in [-0.3, -0.25) is 0 Å². The minimum absolute atomic E-state index is 0.240. The molecule has 3 N–H and O–H groups in total. The molecule has 4 nitrogen and oxygen atoms in total. The van der Waals surface area contributed by atoms with Crippen LogP contribution in [0.15, 0.2) is 18.2 Å². The minimum atomic E-state index is -0.240. The van der Waals surface area contributed by atoms with Crippen molar-refractivity contribution in [2.75, 3.05) is 30.8 Å². The number of nitrogen functional groups attached to an aromatic ring is 1. The van der Waals surface area contributed by atoms with Crippen molar-refractivity contribution in [1.29, 1.82) is 0 Å². The molecule has 1 fully saturated rings. The first-order valence-electron chi connectivity index (χ1n) is 5.57. The molecule has 0 saturated carbocycles. The van der Waals surface area contributed by atoms with Crippen molar-refractivity contribution in [2.45, 2.75) is 18.9 Å². The summed E-state index contributed by atoms with van der Waals surface area (Å²) in [7, 11) is 1.64. The van der Waals surface area contributed by atoms with Crippen molar-refractivity contribution in [3.8, 4) is 5.75 Å². The fourth-order valence-electron chi connectivity index (χ4n) is 2.13. The molecule has 4 heteroatoms. The van der Waals surface area contributed by atoms with Gasteiger partial charge in [-0.05, 0) is 25.0 Å². The van der Waals surface area contributed by atoms with Crippen molar-refractivity contribution in [2.24, 2.45) is 0 Å². The lowest BCUT2D eigenvalue weighted by atomic mass is 10.1. The number of methoxy groups -OCH3 is 1. The first-order valence-corrected chi connectivity index (χ1v) is 5.57. The van der Waals surface area contributed by atoms with Crippen LogP contribution in [0.1, 0.15) is 12.8 Å². The zero-order chi connectivity index (χ0) is 11.5. The number of hydrogen-bond acceptors (Lipinski definition) is 4. The van der Waals surface area contributed by atoms with Crippen molar-refractivity contribution < 1.29 is 9.84 Å². The molecule has 1 heterocycles. The Morgan fingerprint density at radius 1 is 1.50 bits per heavy atom. The van der Waals surface area contributed by atoms with Crippen molar-refractivity contribution in [3.63, 3.8) is 0 Å². The molecule has 16 heavy (non-hydrogen) atoms. The molecule has 1 aromatic rings. The molecule has 1 aliphatic heterocycles. The Morgan fingerprint density at radius 3 is 3.00 bits per heavy atom. The summed E-state index contributed by atoms with van der Waals surface area (Å²) in [6.45, 7) is 1.62. The molecule has 1 aliphatic rings. The van der Waals surface area contributed by atoms with E-state index in [4.69, 9.17) is 10.5 Å². The third-order valence-corrected chi connectivity index (χ3v) is 2.94. The number of nitrogens with zero attached hydrogens (tertiary/aromatic N) is 1. The second kappa shape index (κ2) is 4.61. The first-order chi connectivity index (χ1) is 7.70. The lowest BCUT2D eigenvalue weighted by Gasteiger charge is -2.32. The maximum atomic E-state index is 9.65. The van der Waals surface area contributed by atoms with E-state index in [9.17, 15) is 5.11 Å². The van der Waals surface area contributed by atoms with E-state index in [0.29, 0.717) is 12.2 Å². The molecule has 0 spiro atoms. The van der Waals surface area contributed by atoms with E-state index in [0.717, 1.165) is 30.8 Å². The molecule has 0 aliphatic carbocycles. The molecule has 1 aromatic carbocycles. The summed E-state index contributed by atoms with van der Waals surface area (Å²) in [5, 5.41) is 9.65. The number of aliphatic hydroxyl groups excluding tert-OH is 1. The largest absolute Gasteiger partial charge is 0.495 e. The van der Waals surface area contributed by atoms with Crippen LogP contribution in [0.3, 0.4) is 0 Å². The monoisotopic (exact) mass is 222 g/mol. The third kappa shape index (κ3) is 2.22. The average Bonchev–Trinajstić information content (AvgIpc) is 2.28. The topological polar surface area (TPSA) is 58.7 Å². The number of hydrogen-bond donors (Lipinski definition) is 2. The highest BCUT2D eigenvalue weighted by atomic mass is 16.5. The number of aliphatic hydroxyl groups is 1. The zero-order valence-electron chi connectivity index (χ0n) is 9.52. The molecule has 0 bridgehead atoms. The molecule has 0 unspecified atom stereocenters. The highest BCUT2D eigenvalue weighted by Crippen LogP contribution is 2.32. The van der Waals surface area contributed by atoms with Crippen molar-refractivity contribution in [3.05, 3.63) is 18.2 Å². The van der Waals surface area contributed by atoms with E-state index in [1.807, 2.05) is 18.2 Å². The van der Waals surface area contributed by atoms with Crippen LogP contribution in [-0.4, -0.2) is 31.4 Å².